The van der Waals surface area contributed by atoms with Crippen LogP contribution in [0.1, 0.15) is 23.1 Å². The Morgan fingerprint density at radius 1 is 1.04 bits per heavy atom. The minimum Gasteiger partial charge on any atom is -0.352 e. The van der Waals surface area contributed by atoms with E-state index >= 15 is 0 Å². The minimum atomic E-state index is -3.30. The number of hydrogen-bond donors (Lipinski definition) is 2. The van der Waals surface area contributed by atoms with E-state index in [0.29, 0.717) is 25.1 Å². The van der Waals surface area contributed by atoms with Crippen molar-refractivity contribution < 1.29 is 13.2 Å². The van der Waals surface area contributed by atoms with E-state index in [4.69, 9.17) is 0 Å². The molecule has 0 unspecified atom stereocenters. The lowest BCUT2D eigenvalue weighted by Crippen LogP contribution is -2.23. The number of rotatable bonds is 7. The summed E-state index contributed by atoms with van der Waals surface area (Å²) in [6.07, 6.45) is 2.22. The van der Waals surface area contributed by atoms with Gasteiger partial charge in [-0.1, -0.05) is 42.0 Å². The van der Waals surface area contributed by atoms with E-state index in [1.54, 1.807) is 18.2 Å². The summed E-state index contributed by atoms with van der Waals surface area (Å²) in [5.74, 6) is -0.0305. The fraction of sp³-hybridized carbons (Fsp3) is 0.278. The molecule has 24 heavy (non-hydrogen) atoms. The quantitative estimate of drug-likeness (QED) is 0.809. The third-order valence-electron chi connectivity index (χ3n) is 3.48. The van der Waals surface area contributed by atoms with Gasteiger partial charge in [0.25, 0.3) is 0 Å². The summed E-state index contributed by atoms with van der Waals surface area (Å²) < 4.78 is 24.9. The highest BCUT2D eigenvalue weighted by Gasteiger charge is 2.05. The number of amides is 1. The van der Waals surface area contributed by atoms with Crippen LogP contribution >= 0.6 is 0 Å². The number of carbonyl (C=O) groups excluding carboxylic acids is 1. The number of aryl methyl sites for hydroxylation is 2. The maximum atomic E-state index is 11.9. The summed E-state index contributed by atoms with van der Waals surface area (Å²) in [5.41, 5.74) is 3.66. The van der Waals surface area contributed by atoms with Crippen LogP contribution in [0, 0.1) is 6.92 Å². The van der Waals surface area contributed by atoms with Crippen molar-refractivity contribution in [3.05, 3.63) is 65.2 Å². The maximum Gasteiger partial charge on any atom is 0.229 e. The summed E-state index contributed by atoms with van der Waals surface area (Å²) in [7, 11) is -3.30. The molecule has 0 atom stereocenters. The Hall–Kier alpha value is -2.34. The van der Waals surface area contributed by atoms with E-state index < -0.39 is 10.0 Å². The van der Waals surface area contributed by atoms with Crippen LogP contribution in [0.2, 0.25) is 0 Å². The Bertz CT molecular complexity index is 799. The first-order valence-corrected chi connectivity index (χ1v) is 9.60. The molecule has 0 aliphatic carbocycles. The molecule has 0 fully saturated rings. The topological polar surface area (TPSA) is 75.3 Å². The highest BCUT2D eigenvalue weighted by Crippen LogP contribution is 2.12. The summed E-state index contributed by atoms with van der Waals surface area (Å²) >= 11 is 0. The highest BCUT2D eigenvalue weighted by atomic mass is 32.2. The third-order valence-corrected chi connectivity index (χ3v) is 4.09. The Balaban J connectivity index is 1.83. The van der Waals surface area contributed by atoms with E-state index in [1.165, 1.54) is 5.56 Å². The van der Waals surface area contributed by atoms with Crippen molar-refractivity contribution in [1.29, 1.82) is 0 Å². The number of sulfonamides is 1. The number of benzene rings is 2. The molecule has 2 rings (SSSR count). The molecule has 2 aromatic rings. The summed E-state index contributed by atoms with van der Waals surface area (Å²) in [6, 6.07) is 15.1. The van der Waals surface area contributed by atoms with Crippen molar-refractivity contribution in [3.63, 3.8) is 0 Å². The van der Waals surface area contributed by atoms with Gasteiger partial charge in [-0.25, -0.2) is 8.42 Å². The average Bonchev–Trinajstić information content (AvgIpc) is 2.51. The number of carbonyl (C=O) groups is 1. The second-order valence-electron chi connectivity index (χ2n) is 5.84. The van der Waals surface area contributed by atoms with E-state index in [9.17, 15) is 13.2 Å². The van der Waals surface area contributed by atoms with Gasteiger partial charge < -0.3 is 5.32 Å². The maximum absolute atomic E-state index is 11.9. The fourth-order valence-corrected chi connectivity index (χ4v) is 2.82. The van der Waals surface area contributed by atoms with Gasteiger partial charge >= 0.3 is 0 Å². The fourth-order valence-electron chi connectivity index (χ4n) is 2.26. The Labute approximate surface area is 143 Å². The number of anilines is 1. The van der Waals surface area contributed by atoms with E-state index in [0.717, 1.165) is 17.4 Å². The largest absolute Gasteiger partial charge is 0.352 e. The Morgan fingerprint density at radius 3 is 2.42 bits per heavy atom. The van der Waals surface area contributed by atoms with Crippen LogP contribution in [0.3, 0.4) is 0 Å². The van der Waals surface area contributed by atoms with Crippen LogP contribution in [-0.4, -0.2) is 20.6 Å². The first-order chi connectivity index (χ1) is 11.3. The van der Waals surface area contributed by atoms with Crippen molar-refractivity contribution in [3.8, 4) is 0 Å². The third kappa shape index (κ3) is 6.42. The number of nitrogens with one attached hydrogen (secondary N) is 2. The highest BCUT2D eigenvalue weighted by molar-refractivity contribution is 7.92. The zero-order valence-electron chi connectivity index (χ0n) is 13.9. The molecule has 6 heteroatoms. The zero-order chi connectivity index (χ0) is 17.6. The Kier molecular flexibility index (Phi) is 5.98. The van der Waals surface area contributed by atoms with Crippen molar-refractivity contribution in [2.24, 2.45) is 0 Å². The molecule has 0 saturated carbocycles. The van der Waals surface area contributed by atoms with E-state index in [-0.39, 0.29) is 5.91 Å². The molecule has 0 aliphatic rings. The average molecular weight is 346 g/mol. The standard InChI is InChI=1S/C18H22N2O3S/c1-14-6-8-15(9-7-14)10-11-18(21)19-13-16-4-3-5-17(12-16)20-24(2,22)23/h3-9,12,20H,10-11,13H2,1-2H3,(H,19,21). The molecule has 0 aliphatic heterocycles. The molecule has 0 aromatic heterocycles. The summed E-state index contributed by atoms with van der Waals surface area (Å²) in [6.45, 7) is 2.40. The molecule has 0 radical (unpaired) electrons. The Morgan fingerprint density at radius 2 is 1.75 bits per heavy atom. The van der Waals surface area contributed by atoms with Crippen LogP contribution < -0.4 is 10.0 Å². The van der Waals surface area contributed by atoms with E-state index in [2.05, 4.69) is 10.0 Å². The van der Waals surface area contributed by atoms with Crippen molar-refractivity contribution in [2.45, 2.75) is 26.3 Å². The first kappa shape index (κ1) is 18.0. The van der Waals surface area contributed by atoms with Gasteiger partial charge in [-0.15, -0.1) is 0 Å². The van der Waals surface area contributed by atoms with Gasteiger partial charge in [0, 0.05) is 18.7 Å². The summed E-state index contributed by atoms with van der Waals surface area (Å²) in [4.78, 5) is 11.9. The van der Waals surface area contributed by atoms with Gasteiger partial charge in [0.15, 0.2) is 0 Å². The normalized spacial score (nSPS) is 11.1. The van der Waals surface area contributed by atoms with Gasteiger partial charge in [0.2, 0.25) is 15.9 Å². The second kappa shape index (κ2) is 7.97. The van der Waals surface area contributed by atoms with E-state index in [1.807, 2.05) is 37.3 Å². The molecule has 128 valence electrons. The lowest BCUT2D eigenvalue weighted by Gasteiger charge is -2.08. The SMILES string of the molecule is Cc1ccc(CCC(=O)NCc2cccc(NS(C)(=O)=O)c2)cc1. The molecule has 2 N–H and O–H groups in total. The van der Waals surface area contributed by atoms with Crippen LogP contribution in [-0.2, 0) is 27.8 Å². The zero-order valence-corrected chi connectivity index (χ0v) is 14.7. The first-order valence-electron chi connectivity index (χ1n) is 7.71. The molecule has 1 amide bonds. The van der Waals surface area contributed by atoms with Gasteiger partial charge in [0.05, 0.1) is 6.26 Å². The summed E-state index contributed by atoms with van der Waals surface area (Å²) in [5, 5.41) is 2.85. The van der Waals surface area contributed by atoms with Crippen LogP contribution in [0.15, 0.2) is 48.5 Å². The molecular weight excluding hydrogens is 324 g/mol. The molecule has 0 spiro atoms. The van der Waals surface area contributed by atoms with Crippen LogP contribution in [0.25, 0.3) is 0 Å². The molecule has 5 nitrogen and oxygen atoms in total. The predicted molar refractivity (Wildman–Crippen MR) is 96.3 cm³/mol. The van der Waals surface area contributed by atoms with Gasteiger partial charge in [-0.2, -0.15) is 0 Å². The second-order valence-corrected chi connectivity index (χ2v) is 7.59. The minimum absolute atomic E-state index is 0.0305. The lowest BCUT2D eigenvalue weighted by molar-refractivity contribution is -0.121. The predicted octanol–water partition coefficient (Wildman–Crippen LogP) is 2.62. The van der Waals surface area contributed by atoms with Crippen molar-refractivity contribution >= 4 is 21.6 Å². The van der Waals surface area contributed by atoms with Gasteiger partial charge in [-0.05, 0) is 36.6 Å². The lowest BCUT2D eigenvalue weighted by atomic mass is 10.1. The number of hydrogen-bond acceptors (Lipinski definition) is 3. The van der Waals surface area contributed by atoms with Crippen molar-refractivity contribution in [2.75, 3.05) is 11.0 Å². The molecule has 0 saturated heterocycles. The molecule has 2 aromatic carbocycles. The monoisotopic (exact) mass is 346 g/mol. The van der Waals surface area contributed by atoms with Crippen molar-refractivity contribution in [1.82, 2.24) is 5.32 Å². The van der Waals surface area contributed by atoms with Gasteiger partial charge in [-0.3, -0.25) is 9.52 Å². The molecular formula is C18H22N2O3S. The van der Waals surface area contributed by atoms with Crippen LogP contribution in [0.5, 0.6) is 0 Å². The molecule has 0 bridgehead atoms. The van der Waals surface area contributed by atoms with Crippen LogP contribution in [0.4, 0.5) is 5.69 Å². The molecule has 0 heterocycles. The van der Waals surface area contributed by atoms with Gasteiger partial charge in [0.1, 0.15) is 0 Å². The smallest absolute Gasteiger partial charge is 0.229 e.